The summed E-state index contributed by atoms with van der Waals surface area (Å²) < 4.78 is 21.2. The molecule has 7 heteroatoms. The Labute approximate surface area is 146 Å². The molecule has 0 aromatic heterocycles. The molecule has 0 aliphatic rings. The van der Waals surface area contributed by atoms with Gasteiger partial charge in [0.05, 0.1) is 33.0 Å². The van der Waals surface area contributed by atoms with Crippen molar-refractivity contribution in [2.24, 2.45) is 5.73 Å². The van der Waals surface area contributed by atoms with Crippen molar-refractivity contribution in [3.05, 3.63) is 0 Å². The van der Waals surface area contributed by atoms with E-state index in [1.807, 2.05) is 20.8 Å². The van der Waals surface area contributed by atoms with Crippen LogP contribution in [0.1, 0.15) is 46.5 Å². The summed E-state index contributed by atoms with van der Waals surface area (Å²) >= 11 is 0. The van der Waals surface area contributed by atoms with Crippen LogP contribution in [0.4, 0.5) is 4.79 Å². The molecule has 0 saturated heterocycles. The van der Waals surface area contributed by atoms with Gasteiger partial charge in [-0.3, -0.25) is 0 Å². The number of rotatable bonds is 15. The normalized spacial score (nSPS) is 11.5. The number of alkyl carbamates (subject to hydrolysis) is 1. The molecule has 0 aliphatic carbocycles. The van der Waals surface area contributed by atoms with Crippen LogP contribution in [0.5, 0.6) is 0 Å². The molecule has 144 valence electrons. The number of nitrogens with two attached hydrogens (primary N) is 1. The van der Waals surface area contributed by atoms with Crippen molar-refractivity contribution in [1.82, 2.24) is 5.32 Å². The lowest BCUT2D eigenvalue weighted by atomic mass is 10.2. The summed E-state index contributed by atoms with van der Waals surface area (Å²) in [6, 6.07) is 0. The molecule has 7 nitrogen and oxygen atoms in total. The predicted molar refractivity (Wildman–Crippen MR) is 94.2 cm³/mol. The molecule has 0 unspecified atom stereocenters. The highest BCUT2D eigenvalue weighted by molar-refractivity contribution is 5.67. The van der Waals surface area contributed by atoms with Gasteiger partial charge in [-0.15, -0.1) is 0 Å². The average Bonchev–Trinajstić information content (AvgIpc) is 2.49. The standard InChI is InChI=1S/C17H36N2O5/c1-17(2,3)24-16(20)19-9-6-4-5-7-10-21-12-14-23-15-13-22-11-8-18/h4-15,18H2,1-3H3,(H,19,20). The second-order valence-corrected chi connectivity index (χ2v) is 6.47. The van der Waals surface area contributed by atoms with Crippen molar-refractivity contribution in [2.45, 2.75) is 52.1 Å². The lowest BCUT2D eigenvalue weighted by Gasteiger charge is -2.19. The van der Waals surface area contributed by atoms with Crippen molar-refractivity contribution in [3.63, 3.8) is 0 Å². The topological polar surface area (TPSA) is 92.0 Å². The summed E-state index contributed by atoms with van der Waals surface area (Å²) in [6.07, 6.45) is 3.77. The van der Waals surface area contributed by atoms with Gasteiger partial charge in [0, 0.05) is 19.7 Å². The van der Waals surface area contributed by atoms with E-state index in [1.165, 1.54) is 0 Å². The molecule has 0 fully saturated rings. The van der Waals surface area contributed by atoms with Gasteiger partial charge in [0.1, 0.15) is 5.60 Å². The number of nitrogens with one attached hydrogen (secondary N) is 1. The van der Waals surface area contributed by atoms with E-state index in [-0.39, 0.29) is 6.09 Å². The third-order valence-electron chi connectivity index (χ3n) is 2.89. The maximum Gasteiger partial charge on any atom is 0.407 e. The molecule has 24 heavy (non-hydrogen) atoms. The van der Waals surface area contributed by atoms with Gasteiger partial charge in [-0.2, -0.15) is 0 Å². The van der Waals surface area contributed by atoms with Gasteiger partial charge < -0.3 is 30.0 Å². The molecule has 3 N–H and O–H groups in total. The van der Waals surface area contributed by atoms with Gasteiger partial charge in [0.25, 0.3) is 0 Å². The number of hydrogen-bond acceptors (Lipinski definition) is 6. The Hall–Kier alpha value is -0.890. The van der Waals surface area contributed by atoms with E-state index in [0.717, 1.165) is 32.3 Å². The number of carbonyl (C=O) groups is 1. The van der Waals surface area contributed by atoms with Crippen molar-refractivity contribution < 1.29 is 23.7 Å². The van der Waals surface area contributed by atoms with Gasteiger partial charge in [-0.25, -0.2) is 4.79 Å². The van der Waals surface area contributed by atoms with E-state index < -0.39 is 5.60 Å². The van der Waals surface area contributed by atoms with Crippen LogP contribution >= 0.6 is 0 Å². The van der Waals surface area contributed by atoms with Crippen LogP contribution in [0, 0.1) is 0 Å². The van der Waals surface area contributed by atoms with E-state index in [1.54, 1.807) is 0 Å². The Morgan fingerprint density at radius 2 is 1.38 bits per heavy atom. The van der Waals surface area contributed by atoms with Crippen LogP contribution in [0.2, 0.25) is 0 Å². The van der Waals surface area contributed by atoms with E-state index in [2.05, 4.69) is 5.32 Å². The highest BCUT2D eigenvalue weighted by Gasteiger charge is 2.15. The quantitative estimate of drug-likeness (QED) is 0.440. The minimum atomic E-state index is -0.442. The summed E-state index contributed by atoms with van der Waals surface area (Å²) in [5.74, 6) is 0. The Kier molecular flexibility index (Phi) is 15.0. The van der Waals surface area contributed by atoms with Crippen LogP contribution in [0.3, 0.4) is 0 Å². The molecule has 0 heterocycles. The second-order valence-electron chi connectivity index (χ2n) is 6.47. The molecule has 0 radical (unpaired) electrons. The molecular weight excluding hydrogens is 312 g/mol. The lowest BCUT2D eigenvalue weighted by molar-refractivity contribution is 0.0153. The first kappa shape index (κ1) is 23.1. The molecule has 0 aliphatic heterocycles. The van der Waals surface area contributed by atoms with Crippen LogP contribution in [0.25, 0.3) is 0 Å². The van der Waals surface area contributed by atoms with Crippen LogP contribution < -0.4 is 11.1 Å². The Balaban J connectivity index is 3.14. The minimum Gasteiger partial charge on any atom is -0.444 e. The van der Waals surface area contributed by atoms with Crippen LogP contribution in [0.15, 0.2) is 0 Å². The highest BCUT2D eigenvalue weighted by Crippen LogP contribution is 2.06. The van der Waals surface area contributed by atoms with Gasteiger partial charge in [0.2, 0.25) is 0 Å². The summed E-state index contributed by atoms with van der Waals surface area (Å²) in [7, 11) is 0. The molecule has 0 aromatic rings. The van der Waals surface area contributed by atoms with E-state index in [0.29, 0.717) is 46.1 Å². The minimum absolute atomic E-state index is 0.348. The first-order valence-corrected chi connectivity index (χ1v) is 8.86. The summed E-state index contributed by atoms with van der Waals surface area (Å²) in [5.41, 5.74) is 4.86. The number of carbonyl (C=O) groups excluding carboxylic acids is 1. The van der Waals surface area contributed by atoms with Crippen LogP contribution in [-0.2, 0) is 18.9 Å². The number of hydrogen-bond donors (Lipinski definition) is 2. The molecule has 0 saturated carbocycles. The fourth-order valence-corrected chi connectivity index (χ4v) is 1.81. The molecular formula is C17H36N2O5. The molecule has 1 amide bonds. The lowest BCUT2D eigenvalue weighted by Crippen LogP contribution is -2.32. The Bertz CT molecular complexity index is 295. The monoisotopic (exact) mass is 348 g/mol. The van der Waals surface area contributed by atoms with E-state index in [4.69, 9.17) is 24.7 Å². The zero-order valence-corrected chi connectivity index (χ0v) is 15.6. The number of ether oxygens (including phenoxy) is 4. The summed E-state index contributed by atoms with van der Waals surface area (Å²) in [6.45, 7) is 10.4. The van der Waals surface area contributed by atoms with Crippen LogP contribution in [-0.4, -0.2) is 64.4 Å². The highest BCUT2D eigenvalue weighted by atomic mass is 16.6. The molecule has 0 bridgehead atoms. The summed E-state index contributed by atoms with van der Waals surface area (Å²) in [4.78, 5) is 11.4. The zero-order valence-electron chi connectivity index (χ0n) is 15.6. The Morgan fingerprint density at radius 1 is 0.833 bits per heavy atom. The molecule has 0 spiro atoms. The molecule has 0 rings (SSSR count). The largest absolute Gasteiger partial charge is 0.444 e. The predicted octanol–water partition coefficient (Wildman–Crippen LogP) is 2.08. The van der Waals surface area contributed by atoms with E-state index >= 15 is 0 Å². The SMILES string of the molecule is CC(C)(C)OC(=O)NCCCCCCOCCOCCOCCN. The molecule has 0 atom stereocenters. The average molecular weight is 348 g/mol. The molecule has 0 aromatic carbocycles. The smallest absolute Gasteiger partial charge is 0.407 e. The maximum atomic E-state index is 11.4. The fourth-order valence-electron chi connectivity index (χ4n) is 1.81. The fraction of sp³-hybridized carbons (Fsp3) is 0.941. The van der Waals surface area contributed by atoms with Gasteiger partial charge in [-0.1, -0.05) is 12.8 Å². The van der Waals surface area contributed by atoms with Gasteiger partial charge in [0.15, 0.2) is 0 Å². The third kappa shape index (κ3) is 19.2. The number of unbranched alkanes of at least 4 members (excludes halogenated alkanes) is 3. The Morgan fingerprint density at radius 3 is 1.96 bits per heavy atom. The van der Waals surface area contributed by atoms with E-state index in [9.17, 15) is 4.79 Å². The third-order valence-corrected chi connectivity index (χ3v) is 2.89. The summed E-state index contributed by atoms with van der Waals surface area (Å²) in [5, 5.41) is 2.76. The van der Waals surface area contributed by atoms with Gasteiger partial charge in [-0.05, 0) is 33.6 Å². The maximum absolute atomic E-state index is 11.4. The second kappa shape index (κ2) is 15.6. The first-order valence-electron chi connectivity index (χ1n) is 8.86. The van der Waals surface area contributed by atoms with Gasteiger partial charge >= 0.3 is 6.09 Å². The first-order chi connectivity index (χ1) is 11.5. The van der Waals surface area contributed by atoms with Crippen molar-refractivity contribution in [2.75, 3.05) is 52.7 Å². The number of amides is 1. The zero-order chi connectivity index (χ0) is 18.1. The van der Waals surface area contributed by atoms with Crippen molar-refractivity contribution in [3.8, 4) is 0 Å². The van der Waals surface area contributed by atoms with Crippen molar-refractivity contribution in [1.29, 1.82) is 0 Å². The van der Waals surface area contributed by atoms with Crippen molar-refractivity contribution >= 4 is 6.09 Å².